The van der Waals surface area contributed by atoms with Crippen molar-refractivity contribution in [3.05, 3.63) is 35.1 Å². The Morgan fingerprint density at radius 3 is 2.55 bits per heavy atom. The quantitative estimate of drug-likeness (QED) is 0.608. The van der Waals surface area contributed by atoms with Gasteiger partial charge in [-0.3, -0.25) is 0 Å². The number of alkyl halides is 2. The molecule has 0 unspecified atom stereocenters. The lowest BCUT2D eigenvalue weighted by atomic mass is 10.1. The molecule has 0 aliphatic rings. The third kappa shape index (κ3) is 1.90. The second kappa shape index (κ2) is 3.67. The van der Waals surface area contributed by atoms with Gasteiger partial charge in [-0.05, 0) is 23.3 Å². The molecule has 1 aromatic carbocycles. The van der Waals surface area contributed by atoms with Gasteiger partial charge in [0.2, 0.25) is 0 Å². The highest BCUT2D eigenvalue weighted by molar-refractivity contribution is 6.17. The van der Waals surface area contributed by atoms with Crippen LogP contribution in [0.2, 0.25) is 0 Å². The van der Waals surface area contributed by atoms with Crippen molar-refractivity contribution in [2.75, 3.05) is 0 Å². The van der Waals surface area contributed by atoms with Crippen LogP contribution in [0.15, 0.2) is 18.2 Å². The minimum Gasteiger partial charge on any atom is -0.246 e. The van der Waals surface area contributed by atoms with E-state index in [4.69, 9.17) is 11.6 Å². The average molecular weight is 177 g/mol. The Morgan fingerprint density at radius 1 is 1.27 bits per heavy atom. The summed E-state index contributed by atoms with van der Waals surface area (Å²) in [5, 5.41) is 0. The molecule has 0 amide bonds. The molecule has 0 spiro atoms. The predicted molar refractivity (Wildman–Crippen MR) is 40.8 cm³/mol. The Kier molecular flexibility index (Phi) is 2.83. The summed E-state index contributed by atoms with van der Waals surface area (Å²) in [5.74, 6) is -0.227. The van der Waals surface area contributed by atoms with Crippen molar-refractivity contribution in [3.8, 4) is 0 Å². The first-order chi connectivity index (χ1) is 5.27. The van der Waals surface area contributed by atoms with Crippen molar-refractivity contribution in [2.24, 2.45) is 0 Å². The van der Waals surface area contributed by atoms with E-state index in [9.17, 15) is 8.78 Å². The first kappa shape index (κ1) is 8.47. The van der Waals surface area contributed by atoms with Gasteiger partial charge in [0.1, 0.15) is 12.5 Å². The van der Waals surface area contributed by atoms with Crippen LogP contribution in [0.1, 0.15) is 11.1 Å². The zero-order chi connectivity index (χ0) is 8.27. The number of rotatable bonds is 2. The first-order valence-electron chi connectivity index (χ1n) is 3.17. The lowest BCUT2D eigenvalue weighted by molar-refractivity contribution is 0.482. The maximum absolute atomic E-state index is 12.5. The van der Waals surface area contributed by atoms with Gasteiger partial charge in [0.25, 0.3) is 0 Å². The van der Waals surface area contributed by atoms with Crippen LogP contribution in [-0.4, -0.2) is 0 Å². The normalized spacial score (nSPS) is 10.1. The summed E-state index contributed by atoms with van der Waals surface area (Å²) in [6.07, 6.45) is 0. The molecule has 1 aromatic rings. The fraction of sp³-hybridized carbons (Fsp3) is 0.250. The summed E-state index contributed by atoms with van der Waals surface area (Å²) in [6, 6.07) is 3.89. The Balaban J connectivity index is 3.06. The summed E-state index contributed by atoms with van der Waals surface area (Å²) in [6.45, 7) is -0.595. The lowest BCUT2D eigenvalue weighted by Crippen LogP contribution is -1.89. The van der Waals surface area contributed by atoms with Crippen molar-refractivity contribution in [2.45, 2.75) is 12.6 Å². The molecule has 0 atom stereocenters. The van der Waals surface area contributed by atoms with E-state index in [1.54, 1.807) is 0 Å². The van der Waals surface area contributed by atoms with Crippen molar-refractivity contribution in [1.82, 2.24) is 0 Å². The van der Waals surface area contributed by atoms with Gasteiger partial charge >= 0.3 is 0 Å². The predicted octanol–water partition coefficient (Wildman–Crippen LogP) is 3.03. The summed E-state index contributed by atoms with van der Waals surface area (Å²) >= 11 is 5.45. The zero-order valence-corrected chi connectivity index (χ0v) is 6.54. The Labute approximate surface area is 68.8 Å². The van der Waals surface area contributed by atoms with E-state index in [-0.39, 0.29) is 11.7 Å². The smallest absolute Gasteiger partial charge is 0.123 e. The summed E-state index contributed by atoms with van der Waals surface area (Å²) < 4.78 is 24.6. The van der Waals surface area contributed by atoms with Gasteiger partial charge < -0.3 is 0 Å². The molecule has 0 saturated heterocycles. The molecule has 0 saturated carbocycles. The van der Waals surface area contributed by atoms with E-state index in [0.717, 1.165) is 0 Å². The van der Waals surface area contributed by atoms with Crippen molar-refractivity contribution in [3.63, 3.8) is 0 Å². The molecular formula is C8H7ClF2. The highest BCUT2D eigenvalue weighted by Gasteiger charge is 2.01. The second-order valence-electron chi connectivity index (χ2n) is 2.18. The number of hydrogen-bond acceptors (Lipinski definition) is 0. The molecule has 60 valence electrons. The van der Waals surface area contributed by atoms with Gasteiger partial charge in [-0.15, -0.1) is 11.6 Å². The van der Waals surface area contributed by atoms with Gasteiger partial charge in [0.05, 0.1) is 0 Å². The van der Waals surface area contributed by atoms with Crippen LogP contribution >= 0.6 is 11.6 Å². The number of hydrogen-bond donors (Lipinski definition) is 0. The summed E-state index contributed by atoms with van der Waals surface area (Å²) in [7, 11) is 0. The van der Waals surface area contributed by atoms with E-state index >= 15 is 0 Å². The van der Waals surface area contributed by atoms with Gasteiger partial charge in [0.15, 0.2) is 0 Å². The van der Waals surface area contributed by atoms with Gasteiger partial charge in [-0.25, -0.2) is 8.78 Å². The van der Waals surface area contributed by atoms with Crippen molar-refractivity contribution >= 4 is 11.6 Å². The van der Waals surface area contributed by atoms with E-state index in [1.807, 2.05) is 0 Å². The molecule has 11 heavy (non-hydrogen) atoms. The Bertz CT molecular complexity index is 248. The largest absolute Gasteiger partial charge is 0.246 e. The second-order valence-corrected chi connectivity index (χ2v) is 2.45. The molecule has 0 aromatic heterocycles. The van der Waals surface area contributed by atoms with E-state index in [2.05, 4.69) is 0 Å². The standard InChI is InChI=1S/C8H7ClF2/c9-4-7-3-8(11)2-1-6(7)5-10/h1-3H,4-5H2. The average Bonchev–Trinajstić information content (AvgIpc) is 2.04. The van der Waals surface area contributed by atoms with Crippen LogP contribution in [0.3, 0.4) is 0 Å². The van der Waals surface area contributed by atoms with E-state index in [0.29, 0.717) is 11.1 Å². The molecule has 0 aliphatic heterocycles. The van der Waals surface area contributed by atoms with Crippen LogP contribution in [0.5, 0.6) is 0 Å². The fourth-order valence-corrected chi connectivity index (χ4v) is 1.10. The van der Waals surface area contributed by atoms with Crippen LogP contribution in [0.25, 0.3) is 0 Å². The fourth-order valence-electron chi connectivity index (χ4n) is 0.849. The minimum atomic E-state index is -0.595. The van der Waals surface area contributed by atoms with Gasteiger partial charge in [-0.1, -0.05) is 6.07 Å². The molecule has 0 radical (unpaired) electrons. The monoisotopic (exact) mass is 176 g/mol. The lowest BCUT2D eigenvalue weighted by Gasteiger charge is -2.01. The van der Waals surface area contributed by atoms with Crippen LogP contribution in [0.4, 0.5) is 8.78 Å². The molecule has 3 heteroatoms. The topological polar surface area (TPSA) is 0 Å². The van der Waals surface area contributed by atoms with E-state index in [1.165, 1.54) is 18.2 Å². The van der Waals surface area contributed by atoms with Crippen LogP contribution < -0.4 is 0 Å². The van der Waals surface area contributed by atoms with E-state index < -0.39 is 6.67 Å². The molecule has 0 N–H and O–H groups in total. The molecule has 0 fully saturated rings. The minimum absolute atomic E-state index is 0.150. The molecular weight excluding hydrogens is 170 g/mol. The molecule has 0 aliphatic carbocycles. The summed E-state index contributed by atoms with van der Waals surface area (Å²) in [4.78, 5) is 0. The SMILES string of the molecule is FCc1ccc(F)cc1CCl. The number of halogens is 3. The third-order valence-electron chi connectivity index (χ3n) is 1.46. The van der Waals surface area contributed by atoms with Crippen LogP contribution in [0, 0.1) is 5.82 Å². The molecule has 0 nitrogen and oxygen atoms in total. The maximum atomic E-state index is 12.5. The highest BCUT2D eigenvalue weighted by Crippen LogP contribution is 2.14. The molecule has 0 heterocycles. The van der Waals surface area contributed by atoms with Gasteiger partial charge in [0, 0.05) is 5.88 Å². The van der Waals surface area contributed by atoms with Crippen LogP contribution in [-0.2, 0) is 12.6 Å². The van der Waals surface area contributed by atoms with Crippen molar-refractivity contribution in [1.29, 1.82) is 0 Å². The first-order valence-corrected chi connectivity index (χ1v) is 3.70. The Hall–Kier alpha value is -0.630. The number of benzene rings is 1. The van der Waals surface area contributed by atoms with Crippen molar-refractivity contribution < 1.29 is 8.78 Å². The summed E-state index contributed by atoms with van der Waals surface area (Å²) in [5.41, 5.74) is 0.982. The third-order valence-corrected chi connectivity index (χ3v) is 1.74. The molecule has 1 rings (SSSR count). The van der Waals surface area contributed by atoms with Gasteiger partial charge in [-0.2, -0.15) is 0 Å². The Morgan fingerprint density at radius 2 is 2.00 bits per heavy atom. The molecule has 0 bridgehead atoms. The maximum Gasteiger partial charge on any atom is 0.123 e. The zero-order valence-electron chi connectivity index (χ0n) is 5.78. The highest BCUT2D eigenvalue weighted by atomic mass is 35.5.